The zero-order chi connectivity index (χ0) is 19.3. The van der Waals surface area contributed by atoms with Crippen molar-refractivity contribution in [2.24, 2.45) is 0 Å². The summed E-state index contributed by atoms with van der Waals surface area (Å²) in [5.41, 5.74) is 0.685. The van der Waals surface area contributed by atoms with Gasteiger partial charge in [0, 0.05) is 0 Å². The van der Waals surface area contributed by atoms with Crippen LogP contribution in [-0.4, -0.2) is 48.4 Å². The molecule has 8 heteroatoms. The summed E-state index contributed by atoms with van der Waals surface area (Å²) in [5, 5.41) is -0.500. The number of imide groups is 1. The van der Waals surface area contributed by atoms with Crippen molar-refractivity contribution in [1.29, 1.82) is 0 Å². The number of amides is 2. The molecule has 0 aromatic heterocycles. The summed E-state index contributed by atoms with van der Waals surface area (Å²) in [4.78, 5) is 37.3. The standard InChI is InChI=1S/C18H21NO6S/c1-5-24-14-8-12(6-7-13(14)23-4)9-15-17(21)19(18(22)26-15)10-16(20)25-11(2)3/h6-9,11H,5,10H2,1-4H3/b15-9-. The lowest BCUT2D eigenvalue weighted by Gasteiger charge is -2.13. The molecule has 1 fully saturated rings. The zero-order valence-electron chi connectivity index (χ0n) is 15.1. The van der Waals surface area contributed by atoms with Crippen LogP contribution in [0, 0.1) is 0 Å². The molecule has 0 atom stereocenters. The number of rotatable bonds is 7. The van der Waals surface area contributed by atoms with E-state index in [-0.39, 0.29) is 11.0 Å². The molecule has 2 rings (SSSR count). The lowest BCUT2D eigenvalue weighted by molar-refractivity contribution is -0.149. The van der Waals surface area contributed by atoms with Crippen LogP contribution in [0.4, 0.5) is 4.79 Å². The van der Waals surface area contributed by atoms with Gasteiger partial charge in [0.05, 0.1) is 24.7 Å². The quantitative estimate of drug-likeness (QED) is 0.532. The first-order chi connectivity index (χ1) is 12.3. The van der Waals surface area contributed by atoms with Gasteiger partial charge in [0.15, 0.2) is 11.5 Å². The Morgan fingerprint density at radius 2 is 2.00 bits per heavy atom. The van der Waals surface area contributed by atoms with Crippen molar-refractivity contribution in [2.45, 2.75) is 26.9 Å². The normalized spacial score (nSPS) is 15.7. The highest BCUT2D eigenvalue weighted by molar-refractivity contribution is 8.18. The highest BCUT2D eigenvalue weighted by Crippen LogP contribution is 2.34. The maximum Gasteiger partial charge on any atom is 0.326 e. The van der Waals surface area contributed by atoms with Crippen molar-refractivity contribution in [3.8, 4) is 11.5 Å². The predicted molar refractivity (Wildman–Crippen MR) is 98.1 cm³/mol. The molecule has 0 spiro atoms. The van der Waals surface area contributed by atoms with Crippen LogP contribution in [0.1, 0.15) is 26.3 Å². The summed E-state index contributed by atoms with van der Waals surface area (Å²) in [6.45, 7) is 5.32. The highest BCUT2D eigenvalue weighted by atomic mass is 32.2. The Kier molecular flexibility index (Phi) is 6.68. The first-order valence-electron chi connectivity index (χ1n) is 8.11. The Morgan fingerprint density at radius 1 is 1.27 bits per heavy atom. The van der Waals surface area contributed by atoms with Gasteiger partial charge in [0.2, 0.25) is 0 Å². The van der Waals surface area contributed by atoms with Gasteiger partial charge in [0.25, 0.3) is 11.1 Å². The number of ether oxygens (including phenoxy) is 3. The fourth-order valence-electron chi connectivity index (χ4n) is 2.27. The van der Waals surface area contributed by atoms with Crippen LogP contribution in [0.3, 0.4) is 0 Å². The molecule has 0 radical (unpaired) electrons. The van der Waals surface area contributed by atoms with Crippen LogP contribution in [0.15, 0.2) is 23.1 Å². The van der Waals surface area contributed by atoms with Crippen LogP contribution >= 0.6 is 11.8 Å². The monoisotopic (exact) mass is 379 g/mol. The van der Waals surface area contributed by atoms with Crippen molar-refractivity contribution < 1.29 is 28.6 Å². The maximum atomic E-state index is 12.4. The number of carbonyl (C=O) groups is 3. The molecule has 0 bridgehead atoms. The smallest absolute Gasteiger partial charge is 0.326 e. The van der Waals surface area contributed by atoms with Crippen LogP contribution < -0.4 is 9.47 Å². The number of carbonyl (C=O) groups excluding carboxylic acids is 3. The second-order valence-corrected chi connectivity index (χ2v) is 6.64. The Hall–Kier alpha value is -2.48. The second-order valence-electron chi connectivity index (χ2n) is 5.65. The maximum absolute atomic E-state index is 12.4. The molecule has 26 heavy (non-hydrogen) atoms. The fraction of sp³-hybridized carbons (Fsp3) is 0.389. The molecule has 1 aromatic carbocycles. The van der Waals surface area contributed by atoms with E-state index < -0.39 is 23.7 Å². The van der Waals surface area contributed by atoms with E-state index in [0.29, 0.717) is 23.7 Å². The number of hydrogen-bond donors (Lipinski definition) is 0. The average molecular weight is 379 g/mol. The van der Waals surface area contributed by atoms with E-state index >= 15 is 0 Å². The molecule has 140 valence electrons. The highest BCUT2D eigenvalue weighted by Gasteiger charge is 2.36. The van der Waals surface area contributed by atoms with Crippen molar-refractivity contribution in [3.05, 3.63) is 28.7 Å². The summed E-state index contributed by atoms with van der Waals surface area (Å²) in [6, 6.07) is 5.20. The Morgan fingerprint density at radius 3 is 2.62 bits per heavy atom. The van der Waals surface area contributed by atoms with E-state index in [2.05, 4.69) is 0 Å². The van der Waals surface area contributed by atoms with Gasteiger partial charge in [-0.25, -0.2) is 0 Å². The predicted octanol–water partition coefficient (Wildman–Crippen LogP) is 3.08. The van der Waals surface area contributed by atoms with Crippen molar-refractivity contribution in [1.82, 2.24) is 4.90 Å². The summed E-state index contributed by atoms with van der Waals surface area (Å²) < 4.78 is 15.7. The zero-order valence-corrected chi connectivity index (χ0v) is 15.9. The van der Waals surface area contributed by atoms with E-state index in [0.717, 1.165) is 16.7 Å². The van der Waals surface area contributed by atoms with Gasteiger partial charge in [-0.3, -0.25) is 19.3 Å². The van der Waals surface area contributed by atoms with E-state index in [9.17, 15) is 14.4 Å². The summed E-state index contributed by atoms with van der Waals surface area (Å²) in [7, 11) is 1.54. The minimum Gasteiger partial charge on any atom is -0.493 e. The molecule has 7 nitrogen and oxygen atoms in total. The van der Waals surface area contributed by atoms with Gasteiger partial charge in [-0.05, 0) is 56.3 Å². The van der Waals surface area contributed by atoms with Crippen molar-refractivity contribution >= 4 is 35.0 Å². The summed E-state index contributed by atoms with van der Waals surface area (Å²) >= 11 is 0.785. The number of methoxy groups -OCH3 is 1. The van der Waals surface area contributed by atoms with Gasteiger partial charge in [-0.15, -0.1) is 0 Å². The van der Waals surface area contributed by atoms with Gasteiger partial charge in [0.1, 0.15) is 6.54 Å². The first-order valence-corrected chi connectivity index (χ1v) is 8.93. The SMILES string of the molecule is CCOc1cc(/C=C2\SC(=O)N(CC(=O)OC(C)C)C2=O)ccc1OC. The molecule has 2 amide bonds. The summed E-state index contributed by atoms with van der Waals surface area (Å²) in [6.07, 6.45) is 1.27. The number of benzene rings is 1. The molecule has 1 aromatic rings. The molecule has 1 aliphatic heterocycles. The molecule has 0 saturated carbocycles. The molecule has 1 aliphatic rings. The summed E-state index contributed by atoms with van der Waals surface area (Å²) in [5.74, 6) is -0.0156. The first kappa shape index (κ1) is 19.8. The third-order valence-corrected chi connectivity index (χ3v) is 4.22. The van der Waals surface area contributed by atoms with Gasteiger partial charge in [-0.2, -0.15) is 0 Å². The van der Waals surface area contributed by atoms with E-state index in [1.165, 1.54) is 0 Å². The van der Waals surface area contributed by atoms with Crippen molar-refractivity contribution in [3.63, 3.8) is 0 Å². The topological polar surface area (TPSA) is 82.1 Å². The Bertz CT molecular complexity index is 743. The van der Waals surface area contributed by atoms with Gasteiger partial charge >= 0.3 is 5.97 Å². The largest absolute Gasteiger partial charge is 0.493 e. The third-order valence-electron chi connectivity index (χ3n) is 3.31. The molecule has 0 aliphatic carbocycles. The minimum absolute atomic E-state index is 0.236. The fourth-order valence-corrected chi connectivity index (χ4v) is 3.11. The molecule has 0 N–H and O–H groups in total. The second kappa shape index (κ2) is 8.75. The number of hydrogen-bond acceptors (Lipinski definition) is 7. The molecule has 1 saturated heterocycles. The van der Waals surface area contributed by atoms with Crippen LogP contribution in [0.2, 0.25) is 0 Å². The van der Waals surface area contributed by atoms with E-state index in [4.69, 9.17) is 14.2 Å². The molecular weight excluding hydrogens is 358 g/mol. The Balaban J connectivity index is 2.19. The van der Waals surface area contributed by atoms with Gasteiger partial charge in [-0.1, -0.05) is 6.07 Å². The van der Waals surface area contributed by atoms with Crippen LogP contribution in [0.5, 0.6) is 11.5 Å². The minimum atomic E-state index is -0.619. The number of thioether (sulfide) groups is 1. The molecule has 1 heterocycles. The Labute approximate surface area is 156 Å². The van der Waals surface area contributed by atoms with Gasteiger partial charge < -0.3 is 14.2 Å². The third kappa shape index (κ3) is 4.78. The molecular formula is C18H21NO6S. The number of nitrogens with zero attached hydrogens (tertiary/aromatic N) is 1. The lowest BCUT2D eigenvalue weighted by atomic mass is 10.2. The van der Waals surface area contributed by atoms with E-state index in [1.54, 1.807) is 45.2 Å². The average Bonchev–Trinajstić information content (AvgIpc) is 2.82. The molecule has 0 unspecified atom stereocenters. The van der Waals surface area contributed by atoms with E-state index in [1.807, 2.05) is 6.92 Å². The van der Waals surface area contributed by atoms with Crippen LogP contribution in [-0.2, 0) is 14.3 Å². The van der Waals surface area contributed by atoms with Crippen LogP contribution in [0.25, 0.3) is 6.08 Å². The number of esters is 1. The lowest BCUT2D eigenvalue weighted by Crippen LogP contribution is -2.35. The van der Waals surface area contributed by atoms with Crippen molar-refractivity contribution in [2.75, 3.05) is 20.3 Å².